The normalized spacial score (nSPS) is 19.7. The van der Waals surface area contributed by atoms with Gasteiger partial charge in [0.2, 0.25) is 0 Å². The van der Waals surface area contributed by atoms with Crippen LogP contribution in [0.3, 0.4) is 0 Å². The van der Waals surface area contributed by atoms with E-state index >= 15 is 0 Å². The van der Waals surface area contributed by atoms with Gasteiger partial charge in [-0.2, -0.15) is 0 Å². The number of nitrogen functional groups attached to an aromatic ring is 1. The number of hydrogen-bond acceptors (Lipinski definition) is 6. The van der Waals surface area contributed by atoms with E-state index in [4.69, 9.17) is 5.84 Å². The summed E-state index contributed by atoms with van der Waals surface area (Å²) in [4.78, 5) is 21.9. The van der Waals surface area contributed by atoms with Crippen LogP contribution in [-0.4, -0.2) is 45.1 Å². The maximum absolute atomic E-state index is 12.2. The molecular weight excluding hydrogens is 234 g/mol. The Hall–Kier alpha value is -1.73. The number of nitrogens with one attached hydrogen (secondary N) is 1. The number of nitrogens with zero attached hydrogens (tertiary/aromatic N) is 3. The van der Waals surface area contributed by atoms with Gasteiger partial charge in [-0.3, -0.25) is 4.79 Å². The SMILES string of the molecule is NNc1cnc(C(=O)N2CCCCC2CO)cn1. The minimum absolute atomic E-state index is 0.0123. The third-order valence-electron chi connectivity index (χ3n) is 3.12. The third kappa shape index (κ3) is 2.57. The van der Waals surface area contributed by atoms with Crippen LogP contribution in [0.15, 0.2) is 12.4 Å². The second-order valence-electron chi connectivity index (χ2n) is 4.26. The van der Waals surface area contributed by atoms with Gasteiger partial charge in [0.15, 0.2) is 5.82 Å². The first-order valence-corrected chi connectivity index (χ1v) is 5.96. The Labute approximate surface area is 105 Å². The minimum Gasteiger partial charge on any atom is -0.394 e. The molecule has 0 aromatic carbocycles. The van der Waals surface area contributed by atoms with Gasteiger partial charge in [0.25, 0.3) is 5.91 Å². The molecule has 98 valence electrons. The Morgan fingerprint density at radius 3 is 2.94 bits per heavy atom. The molecule has 18 heavy (non-hydrogen) atoms. The molecule has 2 rings (SSSR count). The number of likely N-dealkylation sites (tertiary alicyclic amines) is 1. The molecule has 1 aliphatic rings. The monoisotopic (exact) mass is 251 g/mol. The maximum atomic E-state index is 12.2. The Kier molecular flexibility index (Phi) is 4.06. The molecule has 1 aromatic rings. The average Bonchev–Trinajstić information content (AvgIpc) is 2.46. The van der Waals surface area contributed by atoms with Crippen molar-refractivity contribution in [2.24, 2.45) is 5.84 Å². The summed E-state index contributed by atoms with van der Waals surface area (Å²) in [6, 6.07) is -0.111. The molecule has 4 N–H and O–H groups in total. The van der Waals surface area contributed by atoms with Crippen LogP contribution in [0.2, 0.25) is 0 Å². The van der Waals surface area contributed by atoms with Gasteiger partial charge in [0.1, 0.15) is 5.69 Å². The van der Waals surface area contributed by atoms with E-state index in [9.17, 15) is 9.90 Å². The second kappa shape index (κ2) is 5.74. The summed E-state index contributed by atoms with van der Waals surface area (Å²) < 4.78 is 0. The van der Waals surface area contributed by atoms with E-state index in [0.717, 1.165) is 19.3 Å². The number of amides is 1. The number of nitrogens with two attached hydrogens (primary N) is 1. The van der Waals surface area contributed by atoms with Crippen molar-refractivity contribution < 1.29 is 9.90 Å². The first-order valence-electron chi connectivity index (χ1n) is 5.96. The zero-order valence-electron chi connectivity index (χ0n) is 10.0. The van der Waals surface area contributed by atoms with Crippen LogP contribution in [0.25, 0.3) is 0 Å². The molecule has 0 radical (unpaired) electrons. The van der Waals surface area contributed by atoms with Gasteiger partial charge in [0.05, 0.1) is 25.0 Å². The third-order valence-corrected chi connectivity index (χ3v) is 3.12. The van der Waals surface area contributed by atoms with E-state index in [2.05, 4.69) is 15.4 Å². The second-order valence-corrected chi connectivity index (χ2v) is 4.26. The highest BCUT2D eigenvalue weighted by Gasteiger charge is 2.27. The highest BCUT2D eigenvalue weighted by molar-refractivity contribution is 5.92. The first-order chi connectivity index (χ1) is 8.76. The van der Waals surface area contributed by atoms with Crippen LogP contribution in [0.4, 0.5) is 5.82 Å². The number of aromatic nitrogens is 2. The molecular formula is C11H17N5O2. The van der Waals surface area contributed by atoms with E-state index in [-0.39, 0.29) is 24.2 Å². The van der Waals surface area contributed by atoms with Gasteiger partial charge in [-0.1, -0.05) is 0 Å². The average molecular weight is 251 g/mol. The molecule has 1 aliphatic heterocycles. The fourth-order valence-corrected chi connectivity index (χ4v) is 2.12. The molecule has 2 heterocycles. The fourth-order valence-electron chi connectivity index (χ4n) is 2.12. The summed E-state index contributed by atoms with van der Waals surface area (Å²) in [5.74, 6) is 5.40. The molecule has 1 fully saturated rings. The molecule has 0 bridgehead atoms. The van der Waals surface area contributed by atoms with Crippen LogP contribution in [-0.2, 0) is 0 Å². The van der Waals surface area contributed by atoms with Crippen LogP contribution in [0, 0.1) is 0 Å². The molecule has 7 nitrogen and oxygen atoms in total. The summed E-state index contributed by atoms with van der Waals surface area (Å²) in [6.45, 7) is 0.643. The molecule has 1 saturated heterocycles. The zero-order chi connectivity index (χ0) is 13.0. The molecule has 0 spiro atoms. The smallest absolute Gasteiger partial charge is 0.274 e. The van der Waals surface area contributed by atoms with Crippen molar-refractivity contribution in [3.63, 3.8) is 0 Å². The molecule has 1 amide bonds. The maximum Gasteiger partial charge on any atom is 0.274 e. The van der Waals surface area contributed by atoms with Crippen LogP contribution in [0.1, 0.15) is 29.8 Å². The van der Waals surface area contributed by atoms with Crippen molar-refractivity contribution in [1.82, 2.24) is 14.9 Å². The van der Waals surface area contributed by atoms with Gasteiger partial charge < -0.3 is 15.4 Å². The van der Waals surface area contributed by atoms with E-state index in [0.29, 0.717) is 12.4 Å². The van der Waals surface area contributed by atoms with Gasteiger partial charge in [-0.25, -0.2) is 15.8 Å². The fraction of sp³-hybridized carbons (Fsp3) is 0.545. The Balaban J connectivity index is 2.13. The summed E-state index contributed by atoms with van der Waals surface area (Å²) in [5, 5.41) is 9.28. The molecule has 1 unspecified atom stereocenters. The standard InChI is InChI=1S/C11H17N5O2/c12-15-10-6-13-9(5-14-10)11(18)16-4-2-1-3-8(16)7-17/h5-6,8,17H,1-4,7,12H2,(H,14,15). The Morgan fingerprint density at radius 1 is 1.50 bits per heavy atom. The number of aliphatic hydroxyl groups is 1. The lowest BCUT2D eigenvalue weighted by molar-refractivity contribution is 0.0497. The summed E-state index contributed by atoms with van der Waals surface area (Å²) in [5.41, 5.74) is 2.63. The highest BCUT2D eigenvalue weighted by atomic mass is 16.3. The highest BCUT2D eigenvalue weighted by Crippen LogP contribution is 2.18. The van der Waals surface area contributed by atoms with Gasteiger partial charge in [-0.05, 0) is 19.3 Å². The quantitative estimate of drug-likeness (QED) is 0.505. The van der Waals surface area contributed by atoms with E-state index in [1.165, 1.54) is 12.4 Å². The lowest BCUT2D eigenvalue weighted by Gasteiger charge is -2.34. The van der Waals surface area contributed by atoms with Crippen LogP contribution < -0.4 is 11.3 Å². The summed E-state index contributed by atoms with van der Waals surface area (Å²) in [6.07, 6.45) is 5.62. The molecule has 0 aliphatic carbocycles. The largest absolute Gasteiger partial charge is 0.394 e. The predicted octanol–water partition coefficient (Wildman–Crippen LogP) is -0.251. The zero-order valence-corrected chi connectivity index (χ0v) is 10.0. The predicted molar refractivity (Wildman–Crippen MR) is 65.6 cm³/mol. The number of carbonyl (C=O) groups excluding carboxylic acids is 1. The number of aliphatic hydroxyl groups excluding tert-OH is 1. The van der Waals surface area contributed by atoms with Gasteiger partial charge in [-0.15, -0.1) is 0 Å². The minimum atomic E-state index is -0.190. The van der Waals surface area contributed by atoms with Crippen molar-refractivity contribution in [3.8, 4) is 0 Å². The van der Waals surface area contributed by atoms with E-state index < -0.39 is 0 Å². The van der Waals surface area contributed by atoms with Crippen molar-refractivity contribution in [3.05, 3.63) is 18.1 Å². The van der Waals surface area contributed by atoms with Crippen LogP contribution >= 0.6 is 0 Å². The van der Waals surface area contributed by atoms with E-state index in [1.54, 1.807) is 4.90 Å². The van der Waals surface area contributed by atoms with Crippen molar-refractivity contribution in [2.45, 2.75) is 25.3 Å². The lowest BCUT2D eigenvalue weighted by Crippen LogP contribution is -2.45. The first kappa shape index (κ1) is 12.7. The number of anilines is 1. The lowest BCUT2D eigenvalue weighted by atomic mass is 10.0. The Morgan fingerprint density at radius 2 is 2.33 bits per heavy atom. The molecule has 1 aromatic heterocycles. The summed E-state index contributed by atoms with van der Waals surface area (Å²) in [7, 11) is 0. The number of hydrogen-bond donors (Lipinski definition) is 3. The van der Waals surface area contributed by atoms with Gasteiger partial charge in [0, 0.05) is 6.54 Å². The Bertz CT molecular complexity index is 408. The molecule has 1 atom stereocenters. The van der Waals surface area contributed by atoms with E-state index in [1.807, 2.05) is 0 Å². The number of hydrazine groups is 1. The number of rotatable bonds is 3. The van der Waals surface area contributed by atoms with Crippen molar-refractivity contribution in [2.75, 3.05) is 18.6 Å². The number of piperidine rings is 1. The van der Waals surface area contributed by atoms with Gasteiger partial charge >= 0.3 is 0 Å². The molecule has 7 heteroatoms. The van der Waals surface area contributed by atoms with Crippen LogP contribution in [0.5, 0.6) is 0 Å². The topological polar surface area (TPSA) is 104 Å². The van der Waals surface area contributed by atoms with Crippen molar-refractivity contribution >= 4 is 11.7 Å². The summed E-state index contributed by atoms with van der Waals surface area (Å²) >= 11 is 0. The van der Waals surface area contributed by atoms with Crippen molar-refractivity contribution in [1.29, 1.82) is 0 Å². The molecule has 0 saturated carbocycles. The number of carbonyl (C=O) groups is 1.